The third-order valence-electron chi connectivity index (χ3n) is 5.47. The number of hydrogen-bond acceptors (Lipinski definition) is 5. The first-order valence-corrected chi connectivity index (χ1v) is 14.4. The van der Waals surface area contributed by atoms with Gasteiger partial charge in [0, 0.05) is 52.0 Å². The maximum absolute atomic E-state index is 12.6. The largest absolute Gasteiger partial charge is 0.339 e. The number of carbonyl (C=O) groups excluding carboxylic acids is 1. The van der Waals surface area contributed by atoms with Crippen molar-refractivity contribution < 1.29 is 13.2 Å². The molecule has 6 nitrogen and oxygen atoms in total. The molecule has 1 N–H and O–H groups in total. The number of hydrogen-bond donors (Lipinski definition) is 1. The molecule has 2 heterocycles. The average Bonchev–Trinajstić information content (AvgIpc) is 3.26. The smallest absolute Gasteiger partial charge is 0.242 e. The number of nitrogens with zero attached hydrogens (tertiary/aromatic N) is 2. The summed E-state index contributed by atoms with van der Waals surface area (Å²) in [6.45, 7) is 3.05. The van der Waals surface area contributed by atoms with E-state index < -0.39 is 10.0 Å². The molecule has 3 aromatic rings. The molecule has 0 spiro atoms. The quantitative estimate of drug-likeness (QED) is 0.408. The van der Waals surface area contributed by atoms with Crippen molar-refractivity contribution in [3.05, 3.63) is 74.0 Å². The number of thiophene rings is 1. The van der Waals surface area contributed by atoms with Crippen molar-refractivity contribution in [2.24, 2.45) is 0 Å². The average molecular weight is 603 g/mol. The van der Waals surface area contributed by atoms with Gasteiger partial charge in [-0.15, -0.1) is 11.3 Å². The minimum absolute atomic E-state index is 0.0527. The Bertz CT molecular complexity index is 1290. The topological polar surface area (TPSA) is 69.7 Å². The Kier molecular flexibility index (Phi) is 8.35. The van der Waals surface area contributed by atoms with Crippen molar-refractivity contribution in [1.29, 1.82) is 0 Å². The molecular weight excluding hydrogens is 581 g/mol. The minimum atomic E-state index is -3.88. The van der Waals surface area contributed by atoms with E-state index in [9.17, 15) is 13.2 Å². The first kappa shape index (κ1) is 25.6. The minimum Gasteiger partial charge on any atom is -0.339 e. The molecule has 34 heavy (non-hydrogen) atoms. The van der Waals surface area contributed by atoms with Crippen molar-refractivity contribution in [3.8, 4) is 10.4 Å². The van der Waals surface area contributed by atoms with Gasteiger partial charge < -0.3 is 4.90 Å². The first-order valence-electron chi connectivity index (χ1n) is 10.5. The van der Waals surface area contributed by atoms with Crippen LogP contribution in [0.3, 0.4) is 0 Å². The summed E-state index contributed by atoms with van der Waals surface area (Å²) in [5, 5.41) is 0.811. The van der Waals surface area contributed by atoms with Crippen LogP contribution in [0.1, 0.15) is 4.88 Å². The van der Waals surface area contributed by atoms with Gasteiger partial charge in [-0.25, -0.2) is 13.1 Å². The van der Waals surface area contributed by atoms with Gasteiger partial charge in [0.1, 0.15) is 4.90 Å². The molecule has 1 saturated heterocycles. The molecule has 1 aliphatic rings. The summed E-state index contributed by atoms with van der Waals surface area (Å²) in [4.78, 5) is 18.9. The monoisotopic (exact) mass is 601 g/mol. The number of nitrogens with one attached hydrogen (secondary N) is 1. The number of sulfonamides is 1. The Balaban J connectivity index is 1.27. The van der Waals surface area contributed by atoms with E-state index in [1.54, 1.807) is 22.3 Å². The fourth-order valence-corrected chi connectivity index (χ4v) is 6.92. The zero-order valence-electron chi connectivity index (χ0n) is 18.0. The van der Waals surface area contributed by atoms with E-state index in [0.29, 0.717) is 17.6 Å². The highest BCUT2D eigenvalue weighted by Crippen LogP contribution is 2.30. The van der Waals surface area contributed by atoms with E-state index in [1.807, 2.05) is 24.3 Å². The van der Waals surface area contributed by atoms with Crippen LogP contribution in [0, 0.1) is 0 Å². The van der Waals surface area contributed by atoms with Crippen LogP contribution in [-0.2, 0) is 21.4 Å². The Morgan fingerprint density at radius 3 is 2.50 bits per heavy atom. The third kappa shape index (κ3) is 6.40. The molecule has 1 aliphatic heterocycles. The van der Waals surface area contributed by atoms with Gasteiger partial charge in [0.2, 0.25) is 15.9 Å². The van der Waals surface area contributed by atoms with Crippen LogP contribution in [0.15, 0.2) is 64.0 Å². The molecule has 4 rings (SSSR count). The maximum Gasteiger partial charge on any atom is 0.242 e. The van der Waals surface area contributed by atoms with Crippen LogP contribution in [0.4, 0.5) is 0 Å². The van der Waals surface area contributed by atoms with Gasteiger partial charge in [-0.1, -0.05) is 51.3 Å². The second-order valence-corrected chi connectivity index (χ2v) is 12.5. The fourth-order valence-electron chi connectivity index (χ4n) is 3.68. The highest BCUT2D eigenvalue weighted by atomic mass is 79.9. The van der Waals surface area contributed by atoms with E-state index >= 15 is 0 Å². The Hall–Kier alpha value is -1.46. The van der Waals surface area contributed by atoms with E-state index in [1.165, 1.54) is 21.9 Å². The zero-order valence-corrected chi connectivity index (χ0v) is 22.7. The summed E-state index contributed by atoms with van der Waals surface area (Å²) in [6, 6.07) is 16.5. The molecule has 180 valence electrons. The molecular formula is C23H22BrCl2N3O3S2. The number of halogens is 3. The highest BCUT2D eigenvalue weighted by Gasteiger charge is 2.24. The van der Waals surface area contributed by atoms with Gasteiger partial charge in [0.25, 0.3) is 0 Å². The molecule has 11 heteroatoms. The standard InChI is InChI=1S/C23H22BrCl2N3O3S2/c24-17-4-7-22(20(26)13-17)34(31,32)27-14-23(30)29-10-8-28(9-11-29)15-19-5-6-21(33-19)16-2-1-3-18(25)12-16/h1-7,12-13,27H,8-11,14-15H2. The maximum atomic E-state index is 12.6. The molecule has 1 amide bonds. The van der Waals surface area contributed by atoms with Crippen molar-refractivity contribution in [2.75, 3.05) is 32.7 Å². The molecule has 1 aromatic heterocycles. The number of carbonyl (C=O) groups is 1. The lowest BCUT2D eigenvalue weighted by molar-refractivity contribution is -0.131. The van der Waals surface area contributed by atoms with E-state index in [0.717, 1.165) is 30.2 Å². The van der Waals surface area contributed by atoms with Crippen LogP contribution in [0.25, 0.3) is 10.4 Å². The Morgan fingerprint density at radius 2 is 1.79 bits per heavy atom. The van der Waals surface area contributed by atoms with Crippen LogP contribution >= 0.6 is 50.5 Å². The number of rotatable bonds is 7. The fraction of sp³-hybridized carbons (Fsp3) is 0.261. The van der Waals surface area contributed by atoms with Crippen molar-refractivity contribution in [3.63, 3.8) is 0 Å². The lowest BCUT2D eigenvalue weighted by atomic mass is 10.2. The van der Waals surface area contributed by atoms with E-state index in [4.69, 9.17) is 23.2 Å². The van der Waals surface area contributed by atoms with Crippen molar-refractivity contribution in [1.82, 2.24) is 14.5 Å². The summed E-state index contributed by atoms with van der Waals surface area (Å²) < 4.78 is 28.1. The summed E-state index contributed by atoms with van der Waals surface area (Å²) in [5.74, 6) is -0.254. The number of benzene rings is 2. The van der Waals surface area contributed by atoms with Crippen LogP contribution in [-0.4, -0.2) is 56.8 Å². The second-order valence-electron chi connectivity index (χ2n) is 7.83. The zero-order chi connectivity index (χ0) is 24.3. The van der Waals surface area contributed by atoms with Gasteiger partial charge in [0.05, 0.1) is 11.6 Å². The van der Waals surface area contributed by atoms with Gasteiger partial charge in [-0.2, -0.15) is 0 Å². The normalized spacial score (nSPS) is 15.0. The summed E-state index contributed by atoms with van der Waals surface area (Å²) in [6.07, 6.45) is 0. The Labute approximate surface area is 221 Å². The molecule has 0 bridgehead atoms. The first-order chi connectivity index (χ1) is 16.2. The molecule has 0 saturated carbocycles. The molecule has 1 fully saturated rings. The van der Waals surface area contributed by atoms with E-state index in [-0.39, 0.29) is 22.4 Å². The lowest BCUT2D eigenvalue weighted by Crippen LogP contribution is -2.50. The lowest BCUT2D eigenvalue weighted by Gasteiger charge is -2.34. The summed E-state index contributed by atoms with van der Waals surface area (Å²) >= 11 is 17.1. The Morgan fingerprint density at radius 1 is 1.03 bits per heavy atom. The molecule has 0 unspecified atom stereocenters. The van der Waals surface area contributed by atoms with Gasteiger partial charge in [-0.3, -0.25) is 9.69 Å². The highest BCUT2D eigenvalue weighted by molar-refractivity contribution is 9.10. The van der Waals surface area contributed by atoms with Crippen LogP contribution in [0.5, 0.6) is 0 Å². The molecule has 2 aromatic carbocycles. The second kappa shape index (κ2) is 11.1. The van der Waals surface area contributed by atoms with Crippen LogP contribution in [0.2, 0.25) is 10.0 Å². The SMILES string of the molecule is O=C(CNS(=O)(=O)c1ccc(Br)cc1Cl)N1CCN(Cc2ccc(-c3cccc(Cl)c3)s2)CC1. The predicted molar refractivity (Wildman–Crippen MR) is 141 cm³/mol. The van der Waals surface area contributed by atoms with Gasteiger partial charge in [-0.05, 0) is 48.0 Å². The number of piperazine rings is 1. The molecule has 0 atom stereocenters. The van der Waals surface area contributed by atoms with Crippen molar-refractivity contribution >= 4 is 66.4 Å². The molecule has 0 radical (unpaired) electrons. The van der Waals surface area contributed by atoms with E-state index in [2.05, 4.69) is 37.7 Å². The van der Waals surface area contributed by atoms with Gasteiger partial charge in [0.15, 0.2) is 0 Å². The van der Waals surface area contributed by atoms with Crippen LogP contribution < -0.4 is 4.72 Å². The summed E-state index contributed by atoms with van der Waals surface area (Å²) in [5.41, 5.74) is 1.10. The van der Waals surface area contributed by atoms with Crippen molar-refractivity contribution in [2.45, 2.75) is 11.4 Å². The number of amides is 1. The third-order valence-corrected chi connectivity index (χ3v) is 9.20. The molecule has 0 aliphatic carbocycles. The van der Waals surface area contributed by atoms with Gasteiger partial charge >= 0.3 is 0 Å². The summed E-state index contributed by atoms with van der Waals surface area (Å²) in [7, 11) is -3.88. The predicted octanol–water partition coefficient (Wildman–Crippen LogP) is 5.11.